The average molecular weight is 231 g/mol. The average Bonchev–Trinajstić information content (AvgIpc) is 2.39. The van der Waals surface area contributed by atoms with Crippen LogP contribution in [0.3, 0.4) is 0 Å². The van der Waals surface area contributed by atoms with Crippen molar-refractivity contribution in [3.8, 4) is 5.75 Å². The number of carbonyl (C=O) groups is 1. The Labute approximate surface area is 99.0 Å². The van der Waals surface area contributed by atoms with Crippen molar-refractivity contribution in [3.63, 3.8) is 0 Å². The van der Waals surface area contributed by atoms with E-state index in [1.165, 1.54) is 0 Å². The molecule has 2 aromatic carbocycles. The maximum Gasteiger partial charge on any atom is 0.233 e. The zero-order valence-electron chi connectivity index (χ0n) is 9.24. The maximum atomic E-state index is 10.2. The number of ether oxygens (including phenoxy) is 1. The van der Waals surface area contributed by atoms with Gasteiger partial charge in [0.15, 0.2) is 0 Å². The monoisotopic (exact) mass is 231 g/mol. The summed E-state index contributed by atoms with van der Waals surface area (Å²) in [6.07, 6.45) is 0.354. The normalized spacial score (nSPS) is 10.2. The SMILES string of the molecule is O=CN(O)CCOc1cccc2ccccc12. The van der Waals surface area contributed by atoms with Gasteiger partial charge >= 0.3 is 0 Å². The van der Waals surface area contributed by atoms with Crippen LogP contribution >= 0.6 is 0 Å². The zero-order chi connectivity index (χ0) is 12.1. The minimum atomic E-state index is 0.146. The van der Waals surface area contributed by atoms with Gasteiger partial charge in [0.25, 0.3) is 0 Å². The lowest BCUT2D eigenvalue weighted by molar-refractivity contribution is -0.150. The van der Waals surface area contributed by atoms with E-state index in [2.05, 4.69) is 0 Å². The highest BCUT2D eigenvalue weighted by Gasteiger charge is 2.02. The molecule has 0 heterocycles. The first kappa shape index (κ1) is 11.4. The smallest absolute Gasteiger partial charge is 0.233 e. The fourth-order valence-electron chi connectivity index (χ4n) is 1.62. The molecule has 17 heavy (non-hydrogen) atoms. The van der Waals surface area contributed by atoms with Crippen LogP contribution in [0.4, 0.5) is 0 Å². The Bertz CT molecular complexity index is 507. The molecular formula is C13H13NO3. The summed E-state index contributed by atoms with van der Waals surface area (Å²) in [6.45, 7) is 0.399. The highest BCUT2D eigenvalue weighted by molar-refractivity contribution is 5.88. The van der Waals surface area contributed by atoms with Gasteiger partial charge in [-0.3, -0.25) is 10.0 Å². The van der Waals surface area contributed by atoms with Crippen LogP contribution in [0.15, 0.2) is 42.5 Å². The molecule has 0 aromatic heterocycles. The van der Waals surface area contributed by atoms with Crippen molar-refractivity contribution in [3.05, 3.63) is 42.5 Å². The summed E-state index contributed by atoms with van der Waals surface area (Å²) in [4.78, 5) is 10.2. The Balaban J connectivity index is 2.10. The Morgan fingerprint density at radius 3 is 2.76 bits per heavy atom. The predicted octanol–water partition coefficient (Wildman–Crippen LogP) is 2.07. The lowest BCUT2D eigenvalue weighted by Crippen LogP contribution is -2.23. The first-order chi connectivity index (χ1) is 8.31. The van der Waals surface area contributed by atoms with E-state index in [4.69, 9.17) is 9.94 Å². The quantitative estimate of drug-likeness (QED) is 0.487. The third kappa shape index (κ3) is 2.73. The number of hydrogen-bond acceptors (Lipinski definition) is 3. The van der Waals surface area contributed by atoms with E-state index < -0.39 is 0 Å². The van der Waals surface area contributed by atoms with Gasteiger partial charge in [0.1, 0.15) is 12.4 Å². The lowest BCUT2D eigenvalue weighted by atomic mass is 10.1. The van der Waals surface area contributed by atoms with Crippen molar-refractivity contribution in [1.29, 1.82) is 0 Å². The minimum absolute atomic E-state index is 0.146. The second kappa shape index (κ2) is 5.32. The summed E-state index contributed by atoms with van der Waals surface area (Å²) in [5, 5.41) is 11.6. The van der Waals surface area contributed by atoms with Crippen molar-refractivity contribution < 1.29 is 14.7 Å². The Kier molecular flexibility index (Phi) is 3.57. The van der Waals surface area contributed by atoms with E-state index >= 15 is 0 Å². The number of nitrogens with zero attached hydrogens (tertiary/aromatic N) is 1. The van der Waals surface area contributed by atoms with Crippen LogP contribution in [0.1, 0.15) is 0 Å². The van der Waals surface area contributed by atoms with Gasteiger partial charge in [-0.25, -0.2) is 5.06 Å². The largest absolute Gasteiger partial charge is 0.491 e. The van der Waals surface area contributed by atoms with Crippen LogP contribution in [-0.2, 0) is 4.79 Å². The molecule has 0 saturated heterocycles. The number of benzene rings is 2. The van der Waals surface area contributed by atoms with E-state index in [0.29, 0.717) is 11.5 Å². The fourth-order valence-corrected chi connectivity index (χ4v) is 1.62. The van der Waals surface area contributed by atoms with Gasteiger partial charge in [0.2, 0.25) is 6.41 Å². The number of amides is 1. The second-order valence-corrected chi connectivity index (χ2v) is 3.59. The van der Waals surface area contributed by atoms with Crippen molar-refractivity contribution in [2.45, 2.75) is 0 Å². The molecule has 4 nitrogen and oxygen atoms in total. The molecular weight excluding hydrogens is 218 g/mol. The standard InChI is InChI=1S/C13H13NO3/c15-10-14(16)8-9-17-13-7-3-5-11-4-1-2-6-12(11)13/h1-7,10,16H,8-9H2. The zero-order valence-corrected chi connectivity index (χ0v) is 9.24. The van der Waals surface area contributed by atoms with E-state index in [-0.39, 0.29) is 13.2 Å². The van der Waals surface area contributed by atoms with Crippen LogP contribution in [0.5, 0.6) is 5.75 Å². The minimum Gasteiger partial charge on any atom is -0.491 e. The third-order valence-corrected chi connectivity index (χ3v) is 2.45. The fraction of sp³-hybridized carbons (Fsp3) is 0.154. The molecule has 2 aromatic rings. The van der Waals surface area contributed by atoms with Gasteiger partial charge < -0.3 is 4.74 Å². The van der Waals surface area contributed by atoms with Crippen molar-refractivity contribution in [2.75, 3.05) is 13.2 Å². The Morgan fingerprint density at radius 2 is 1.94 bits per heavy atom. The lowest BCUT2D eigenvalue weighted by Gasteiger charge is -2.11. The van der Waals surface area contributed by atoms with Crippen LogP contribution in [-0.4, -0.2) is 29.8 Å². The molecule has 0 saturated carbocycles. The molecule has 0 fully saturated rings. The molecule has 1 N–H and O–H groups in total. The summed E-state index contributed by atoms with van der Waals surface area (Å²) in [5.41, 5.74) is 0. The van der Waals surface area contributed by atoms with E-state index in [0.717, 1.165) is 16.5 Å². The summed E-state index contributed by atoms with van der Waals surface area (Å²) in [6, 6.07) is 13.7. The number of rotatable bonds is 5. The summed E-state index contributed by atoms with van der Waals surface area (Å²) in [5.74, 6) is 0.752. The van der Waals surface area contributed by atoms with E-state index in [1.807, 2.05) is 42.5 Å². The molecule has 0 atom stereocenters. The molecule has 0 aliphatic carbocycles. The number of carbonyl (C=O) groups excluding carboxylic acids is 1. The van der Waals surface area contributed by atoms with Crippen molar-refractivity contribution in [2.24, 2.45) is 0 Å². The molecule has 0 bridgehead atoms. The molecule has 0 unspecified atom stereocenters. The van der Waals surface area contributed by atoms with Gasteiger partial charge in [0, 0.05) is 5.39 Å². The molecule has 88 valence electrons. The second-order valence-electron chi connectivity index (χ2n) is 3.59. The summed E-state index contributed by atoms with van der Waals surface area (Å²) < 4.78 is 5.53. The predicted molar refractivity (Wildman–Crippen MR) is 64.0 cm³/mol. The highest BCUT2D eigenvalue weighted by Crippen LogP contribution is 2.24. The highest BCUT2D eigenvalue weighted by atomic mass is 16.5. The Hall–Kier alpha value is -2.07. The number of hydrogen-bond donors (Lipinski definition) is 1. The topological polar surface area (TPSA) is 49.8 Å². The Morgan fingerprint density at radius 1 is 1.18 bits per heavy atom. The summed E-state index contributed by atoms with van der Waals surface area (Å²) in [7, 11) is 0. The van der Waals surface area contributed by atoms with Crippen molar-refractivity contribution in [1.82, 2.24) is 5.06 Å². The third-order valence-electron chi connectivity index (χ3n) is 2.45. The molecule has 0 aliphatic rings. The van der Waals surface area contributed by atoms with Crippen LogP contribution in [0, 0.1) is 0 Å². The number of fused-ring (bicyclic) bond motifs is 1. The van der Waals surface area contributed by atoms with Crippen LogP contribution < -0.4 is 4.74 Å². The summed E-state index contributed by atoms with van der Waals surface area (Å²) >= 11 is 0. The molecule has 0 aliphatic heterocycles. The molecule has 0 radical (unpaired) electrons. The van der Waals surface area contributed by atoms with Gasteiger partial charge in [0.05, 0.1) is 6.54 Å². The van der Waals surface area contributed by atoms with E-state index in [1.54, 1.807) is 0 Å². The van der Waals surface area contributed by atoms with Gasteiger partial charge in [-0.1, -0.05) is 36.4 Å². The molecule has 2 rings (SSSR count). The van der Waals surface area contributed by atoms with E-state index in [9.17, 15) is 4.79 Å². The molecule has 0 spiro atoms. The van der Waals surface area contributed by atoms with Crippen LogP contribution in [0.2, 0.25) is 0 Å². The van der Waals surface area contributed by atoms with Crippen molar-refractivity contribution >= 4 is 17.2 Å². The van der Waals surface area contributed by atoms with Crippen LogP contribution in [0.25, 0.3) is 10.8 Å². The van der Waals surface area contributed by atoms with Gasteiger partial charge in [-0.15, -0.1) is 0 Å². The first-order valence-corrected chi connectivity index (χ1v) is 5.32. The maximum absolute atomic E-state index is 10.2. The molecule has 1 amide bonds. The molecule has 4 heteroatoms. The van der Waals surface area contributed by atoms with Gasteiger partial charge in [-0.05, 0) is 11.5 Å². The van der Waals surface area contributed by atoms with Gasteiger partial charge in [-0.2, -0.15) is 0 Å². The number of hydroxylamine groups is 2. The first-order valence-electron chi connectivity index (χ1n) is 5.32.